The number of hydrogen-bond acceptors (Lipinski definition) is 3. The summed E-state index contributed by atoms with van der Waals surface area (Å²) in [6.07, 6.45) is 3.92. The monoisotopic (exact) mass is 181 g/mol. The van der Waals surface area contributed by atoms with Crippen molar-refractivity contribution < 1.29 is 4.79 Å². The Morgan fingerprint density at radius 3 is 3.17 bits per heavy atom. The van der Waals surface area contributed by atoms with Gasteiger partial charge in [0.15, 0.2) is 5.78 Å². The van der Waals surface area contributed by atoms with Crippen LogP contribution in [-0.4, -0.2) is 10.2 Å². The fraction of sp³-hybridized carbons (Fsp3) is 0.556. The molecule has 0 spiro atoms. The van der Waals surface area contributed by atoms with Crippen LogP contribution in [0.1, 0.15) is 29.4 Å². The number of nitrogens with zero attached hydrogens (tertiary/aromatic N) is 1. The molecule has 0 aliphatic heterocycles. The molecule has 2 nitrogen and oxygen atoms in total. The van der Waals surface area contributed by atoms with Gasteiger partial charge in [-0.05, 0) is 29.9 Å². The molecule has 2 atom stereocenters. The molecule has 1 aliphatic carbocycles. The first kappa shape index (κ1) is 7.92. The zero-order chi connectivity index (χ0) is 8.55. The average molecular weight is 181 g/mol. The standard InChI is InChI=1S/C9H11NOS/c1-2-6-5-7(6)9(11)8-3-4-10-12-8/h3-4,6-7H,2,5H2,1H3/t6-,7-/m1/s1. The van der Waals surface area contributed by atoms with Crippen LogP contribution < -0.4 is 0 Å². The van der Waals surface area contributed by atoms with Crippen LogP contribution in [0, 0.1) is 11.8 Å². The van der Waals surface area contributed by atoms with Crippen LogP contribution in [0.4, 0.5) is 0 Å². The first-order chi connectivity index (χ1) is 5.83. The molecule has 1 fully saturated rings. The molecule has 0 unspecified atom stereocenters. The summed E-state index contributed by atoms with van der Waals surface area (Å²) in [7, 11) is 0. The summed E-state index contributed by atoms with van der Waals surface area (Å²) in [5, 5.41) is 0. The molecule has 0 radical (unpaired) electrons. The maximum Gasteiger partial charge on any atom is 0.177 e. The minimum Gasteiger partial charge on any atom is -0.293 e. The summed E-state index contributed by atoms with van der Waals surface area (Å²) >= 11 is 1.31. The normalized spacial score (nSPS) is 27.1. The van der Waals surface area contributed by atoms with Crippen LogP contribution in [0.25, 0.3) is 0 Å². The molecule has 64 valence electrons. The van der Waals surface area contributed by atoms with Crippen molar-refractivity contribution in [3.8, 4) is 0 Å². The zero-order valence-electron chi connectivity index (χ0n) is 6.99. The second-order valence-electron chi connectivity index (χ2n) is 3.25. The van der Waals surface area contributed by atoms with E-state index in [0.29, 0.717) is 17.6 Å². The van der Waals surface area contributed by atoms with Gasteiger partial charge >= 0.3 is 0 Å². The predicted octanol–water partition coefficient (Wildman–Crippen LogP) is 2.37. The highest BCUT2D eigenvalue weighted by atomic mass is 32.1. The molecule has 1 aliphatic rings. The van der Waals surface area contributed by atoms with Crippen molar-refractivity contribution in [2.75, 3.05) is 0 Å². The van der Waals surface area contributed by atoms with E-state index < -0.39 is 0 Å². The fourth-order valence-electron chi connectivity index (χ4n) is 1.55. The van der Waals surface area contributed by atoms with Crippen LogP contribution in [0.15, 0.2) is 12.3 Å². The van der Waals surface area contributed by atoms with E-state index in [1.165, 1.54) is 11.5 Å². The Balaban J connectivity index is 2.04. The van der Waals surface area contributed by atoms with Gasteiger partial charge in [-0.25, -0.2) is 4.37 Å². The molecule has 1 heterocycles. The number of carbonyl (C=O) groups excluding carboxylic acids is 1. The lowest BCUT2D eigenvalue weighted by molar-refractivity contribution is 0.0965. The van der Waals surface area contributed by atoms with Crippen LogP contribution in [0.5, 0.6) is 0 Å². The summed E-state index contributed by atoms with van der Waals surface area (Å²) in [5.41, 5.74) is 0. The van der Waals surface area contributed by atoms with Crippen molar-refractivity contribution in [2.24, 2.45) is 11.8 Å². The van der Waals surface area contributed by atoms with Gasteiger partial charge in [-0.1, -0.05) is 13.3 Å². The number of ketones is 1. The van der Waals surface area contributed by atoms with Gasteiger partial charge in [0.2, 0.25) is 0 Å². The van der Waals surface area contributed by atoms with Gasteiger partial charge in [0.05, 0.1) is 4.88 Å². The maximum absolute atomic E-state index is 11.6. The molecule has 0 bridgehead atoms. The molecule has 12 heavy (non-hydrogen) atoms. The zero-order valence-corrected chi connectivity index (χ0v) is 7.80. The van der Waals surface area contributed by atoms with Gasteiger partial charge in [0, 0.05) is 12.1 Å². The van der Waals surface area contributed by atoms with Gasteiger partial charge in [-0.15, -0.1) is 0 Å². The van der Waals surface area contributed by atoms with E-state index in [1.807, 2.05) is 6.07 Å². The van der Waals surface area contributed by atoms with Crippen molar-refractivity contribution in [3.05, 3.63) is 17.1 Å². The Labute approximate surface area is 75.8 Å². The van der Waals surface area contributed by atoms with E-state index in [2.05, 4.69) is 11.3 Å². The van der Waals surface area contributed by atoms with Crippen molar-refractivity contribution in [1.82, 2.24) is 4.37 Å². The quantitative estimate of drug-likeness (QED) is 0.670. The third kappa shape index (κ3) is 1.29. The number of aromatic nitrogens is 1. The Bertz CT molecular complexity index is 281. The first-order valence-electron chi connectivity index (χ1n) is 4.27. The van der Waals surface area contributed by atoms with Crippen LogP contribution in [0.2, 0.25) is 0 Å². The summed E-state index contributed by atoms with van der Waals surface area (Å²) in [6, 6.07) is 1.82. The number of Topliss-reactive ketones (excluding diaryl/α,β-unsaturated/α-hetero) is 1. The molecule has 0 N–H and O–H groups in total. The number of hydrogen-bond donors (Lipinski definition) is 0. The van der Waals surface area contributed by atoms with Crippen molar-refractivity contribution in [3.63, 3.8) is 0 Å². The third-order valence-corrected chi connectivity index (χ3v) is 3.23. The highest BCUT2D eigenvalue weighted by Crippen LogP contribution is 2.43. The van der Waals surface area contributed by atoms with Crippen molar-refractivity contribution >= 4 is 17.3 Å². The summed E-state index contributed by atoms with van der Waals surface area (Å²) in [6.45, 7) is 2.14. The van der Waals surface area contributed by atoms with E-state index in [4.69, 9.17) is 0 Å². The number of rotatable bonds is 3. The molecule has 1 aromatic heterocycles. The highest BCUT2D eigenvalue weighted by molar-refractivity contribution is 7.08. The molecular formula is C9H11NOS. The van der Waals surface area contributed by atoms with Gasteiger partial charge in [0.1, 0.15) is 0 Å². The van der Waals surface area contributed by atoms with Gasteiger partial charge in [-0.2, -0.15) is 0 Å². The number of carbonyl (C=O) groups is 1. The minimum atomic E-state index is 0.310. The molecule has 3 heteroatoms. The smallest absolute Gasteiger partial charge is 0.177 e. The molecule has 1 saturated carbocycles. The Morgan fingerprint density at radius 2 is 2.67 bits per heavy atom. The van der Waals surface area contributed by atoms with Crippen LogP contribution in [0.3, 0.4) is 0 Å². The largest absolute Gasteiger partial charge is 0.293 e. The lowest BCUT2D eigenvalue weighted by atomic mass is 10.1. The van der Waals surface area contributed by atoms with Gasteiger partial charge in [-0.3, -0.25) is 4.79 Å². The van der Waals surface area contributed by atoms with E-state index in [-0.39, 0.29) is 0 Å². The predicted molar refractivity (Wildman–Crippen MR) is 48.3 cm³/mol. The Morgan fingerprint density at radius 1 is 1.83 bits per heavy atom. The fourth-order valence-corrected chi connectivity index (χ4v) is 2.14. The Kier molecular flexibility index (Phi) is 1.97. The highest BCUT2D eigenvalue weighted by Gasteiger charge is 2.41. The molecular weight excluding hydrogens is 170 g/mol. The van der Waals surface area contributed by atoms with Crippen molar-refractivity contribution in [1.29, 1.82) is 0 Å². The topological polar surface area (TPSA) is 30.0 Å². The maximum atomic E-state index is 11.6. The first-order valence-corrected chi connectivity index (χ1v) is 5.05. The van der Waals surface area contributed by atoms with E-state index in [0.717, 1.165) is 17.7 Å². The lowest BCUT2D eigenvalue weighted by Gasteiger charge is -1.92. The third-order valence-electron chi connectivity index (χ3n) is 2.46. The van der Waals surface area contributed by atoms with E-state index in [1.54, 1.807) is 6.20 Å². The van der Waals surface area contributed by atoms with Crippen LogP contribution >= 0.6 is 11.5 Å². The lowest BCUT2D eigenvalue weighted by Crippen LogP contribution is -2.00. The average Bonchev–Trinajstić information content (AvgIpc) is 2.68. The van der Waals surface area contributed by atoms with Gasteiger partial charge < -0.3 is 0 Å². The molecule has 1 aromatic rings. The van der Waals surface area contributed by atoms with Crippen molar-refractivity contribution in [2.45, 2.75) is 19.8 Å². The minimum absolute atomic E-state index is 0.310. The summed E-state index contributed by atoms with van der Waals surface area (Å²) in [5.74, 6) is 1.28. The second kappa shape index (κ2) is 2.98. The SMILES string of the molecule is CC[C@@H]1C[C@H]1C(=O)c1ccns1. The van der Waals surface area contributed by atoms with E-state index >= 15 is 0 Å². The summed E-state index contributed by atoms with van der Waals surface area (Å²) < 4.78 is 3.93. The molecule has 2 rings (SSSR count). The molecule has 0 amide bonds. The molecule has 0 saturated heterocycles. The van der Waals surface area contributed by atoms with Gasteiger partial charge in [0.25, 0.3) is 0 Å². The molecule has 0 aromatic carbocycles. The second-order valence-corrected chi connectivity index (χ2v) is 4.08. The van der Waals surface area contributed by atoms with Crippen LogP contribution in [-0.2, 0) is 0 Å². The summed E-state index contributed by atoms with van der Waals surface area (Å²) in [4.78, 5) is 12.4. The van der Waals surface area contributed by atoms with E-state index in [9.17, 15) is 4.79 Å². The Hall–Kier alpha value is -0.700.